The van der Waals surface area contributed by atoms with Crippen molar-refractivity contribution in [2.24, 2.45) is 7.05 Å². The maximum atomic E-state index is 6.31. The summed E-state index contributed by atoms with van der Waals surface area (Å²) in [4.78, 5) is 2.32. The Kier molecular flexibility index (Phi) is 4.68. The van der Waals surface area contributed by atoms with Gasteiger partial charge in [0, 0.05) is 25.8 Å². The number of hydrogen-bond donors (Lipinski definition) is 1. The molecule has 0 radical (unpaired) electrons. The predicted molar refractivity (Wildman–Crippen MR) is 83.6 cm³/mol. The van der Waals surface area contributed by atoms with Crippen LogP contribution in [0.1, 0.15) is 23.9 Å². The van der Waals surface area contributed by atoms with E-state index in [0.717, 1.165) is 41.7 Å². The average Bonchev–Trinajstić information content (AvgIpc) is 2.64. The van der Waals surface area contributed by atoms with Crippen molar-refractivity contribution in [3.63, 3.8) is 0 Å². The van der Waals surface area contributed by atoms with Crippen LogP contribution in [0.4, 0.5) is 5.69 Å². The SMILES string of the molecule is CCN(Cc1cccc(N)c1)Cc1c(Cl)c(C)nn1C. The largest absolute Gasteiger partial charge is 0.399 e. The van der Waals surface area contributed by atoms with Gasteiger partial charge in [-0.1, -0.05) is 30.7 Å². The highest BCUT2D eigenvalue weighted by Crippen LogP contribution is 2.21. The van der Waals surface area contributed by atoms with E-state index in [2.05, 4.69) is 23.0 Å². The first-order chi connectivity index (χ1) is 9.51. The predicted octanol–water partition coefficient (Wildman–Crippen LogP) is 2.99. The summed E-state index contributed by atoms with van der Waals surface area (Å²) >= 11 is 6.31. The third-order valence-corrected chi connectivity index (χ3v) is 3.93. The van der Waals surface area contributed by atoms with Gasteiger partial charge in [0.2, 0.25) is 0 Å². The molecule has 20 heavy (non-hydrogen) atoms. The Morgan fingerprint density at radius 2 is 2.10 bits per heavy atom. The van der Waals surface area contributed by atoms with Crippen molar-refractivity contribution in [2.45, 2.75) is 26.9 Å². The van der Waals surface area contributed by atoms with Crippen LogP contribution < -0.4 is 5.73 Å². The zero-order valence-corrected chi connectivity index (χ0v) is 13.0. The second kappa shape index (κ2) is 6.29. The second-order valence-corrected chi connectivity index (χ2v) is 5.40. The maximum Gasteiger partial charge on any atom is 0.0860 e. The molecular weight excluding hydrogens is 272 g/mol. The fourth-order valence-corrected chi connectivity index (χ4v) is 2.51. The van der Waals surface area contributed by atoms with E-state index in [-0.39, 0.29) is 0 Å². The molecule has 0 amide bonds. The summed E-state index contributed by atoms with van der Waals surface area (Å²) in [6.45, 7) is 6.64. The third kappa shape index (κ3) is 3.32. The van der Waals surface area contributed by atoms with Gasteiger partial charge >= 0.3 is 0 Å². The van der Waals surface area contributed by atoms with E-state index in [0.29, 0.717) is 0 Å². The van der Waals surface area contributed by atoms with Crippen molar-refractivity contribution in [1.82, 2.24) is 14.7 Å². The summed E-state index contributed by atoms with van der Waals surface area (Å²) in [5, 5.41) is 5.12. The van der Waals surface area contributed by atoms with Crippen LogP contribution in [0, 0.1) is 6.92 Å². The number of hydrogen-bond acceptors (Lipinski definition) is 3. The summed E-state index contributed by atoms with van der Waals surface area (Å²) < 4.78 is 1.86. The van der Waals surface area contributed by atoms with Crippen molar-refractivity contribution in [2.75, 3.05) is 12.3 Å². The monoisotopic (exact) mass is 292 g/mol. The molecule has 1 aromatic heterocycles. The fraction of sp³-hybridized carbons (Fsp3) is 0.400. The minimum atomic E-state index is 0.763. The number of nitrogens with two attached hydrogens (primary N) is 1. The quantitative estimate of drug-likeness (QED) is 0.862. The summed E-state index contributed by atoms with van der Waals surface area (Å²) in [5.74, 6) is 0. The third-order valence-electron chi connectivity index (χ3n) is 3.44. The highest BCUT2D eigenvalue weighted by Gasteiger charge is 2.14. The minimum absolute atomic E-state index is 0.763. The number of aromatic nitrogens is 2. The number of rotatable bonds is 5. The Morgan fingerprint density at radius 1 is 1.35 bits per heavy atom. The Bertz CT molecular complexity index is 592. The lowest BCUT2D eigenvalue weighted by molar-refractivity contribution is 0.264. The highest BCUT2D eigenvalue weighted by atomic mass is 35.5. The van der Waals surface area contributed by atoms with E-state index < -0.39 is 0 Å². The molecule has 2 N–H and O–H groups in total. The molecule has 2 rings (SSSR count). The Balaban J connectivity index is 2.13. The van der Waals surface area contributed by atoms with E-state index in [1.54, 1.807) is 0 Å². The van der Waals surface area contributed by atoms with Gasteiger partial charge in [-0.2, -0.15) is 5.10 Å². The summed E-state index contributed by atoms with van der Waals surface area (Å²) in [7, 11) is 1.93. The van der Waals surface area contributed by atoms with Crippen LogP contribution in [0.25, 0.3) is 0 Å². The average molecular weight is 293 g/mol. The van der Waals surface area contributed by atoms with Gasteiger partial charge in [-0.3, -0.25) is 9.58 Å². The molecule has 0 atom stereocenters. The summed E-state index contributed by atoms with van der Waals surface area (Å²) in [6, 6.07) is 7.99. The Labute approximate surface area is 125 Å². The first-order valence-corrected chi connectivity index (χ1v) is 7.13. The van der Waals surface area contributed by atoms with Crippen molar-refractivity contribution in [3.8, 4) is 0 Å². The molecule has 108 valence electrons. The first-order valence-electron chi connectivity index (χ1n) is 6.76. The van der Waals surface area contributed by atoms with Crippen LogP contribution >= 0.6 is 11.6 Å². The van der Waals surface area contributed by atoms with Crippen LogP contribution in [0.3, 0.4) is 0 Å². The van der Waals surface area contributed by atoms with E-state index in [1.165, 1.54) is 5.56 Å². The zero-order valence-electron chi connectivity index (χ0n) is 12.2. The molecule has 0 fully saturated rings. The van der Waals surface area contributed by atoms with Crippen LogP contribution in [-0.4, -0.2) is 21.2 Å². The normalized spacial score (nSPS) is 11.2. The molecule has 1 aromatic carbocycles. The summed E-state index contributed by atoms with van der Waals surface area (Å²) in [6.07, 6.45) is 0. The molecule has 1 heterocycles. The van der Waals surface area contributed by atoms with Gasteiger partial charge in [0.05, 0.1) is 16.4 Å². The molecule has 5 heteroatoms. The number of nitrogen functional groups attached to an aromatic ring is 1. The van der Waals surface area contributed by atoms with Crippen LogP contribution in [-0.2, 0) is 20.1 Å². The Hall–Kier alpha value is -1.52. The molecule has 0 saturated carbocycles. The molecule has 0 aliphatic heterocycles. The number of nitrogens with zero attached hydrogens (tertiary/aromatic N) is 3. The number of halogens is 1. The fourth-order valence-electron chi connectivity index (χ4n) is 2.29. The maximum absolute atomic E-state index is 6.31. The van der Waals surface area contributed by atoms with E-state index in [1.807, 2.05) is 36.9 Å². The lowest BCUT2D eigenvalue weighted by atomic mass is 10.2. The molecule has 0 bridgehead atoms. The minimum Gasteiger partial charge on any atom is -0.399 e. The molecule has 0 aliphatic rings. The molecular formula is C15H21ClN4. The van der Waals surface area contributed by atoms with Crippen molar-refractivity contribution < 1.29 is 0 Å². The lowest BCUT2D eigenvalue weighted by Crippen LogP contribution is -2.24. The van der Waals surface area contributed by atoms with Crippen LogP contribution in [0.5, 0.6) is 0 Å². The van der Waals surface area contributed by atoms with Gasteiger partial charge in [-0.05, 0) is 31.2 Å². The van der Waals surface area contributed by atoms with E-state index >= 15 is 0 Å². The molecule has 0 aliphatic carbocycles. The van der Waals surface area contributed by atoms with Crippen LogP contribution in [0.2, 0.25) is 5.02 Å². The molecule has 4 nitrogen and oxygen atoms in total. The number of anilines is 1. The van der Waals surface area contributed by atoms with Crippen molar-refractivity contribution >= 4 is 17.3 Å². The molecule has 0 saturated heterocycles. The van der Waals surface area contributed by atoms with Crippen molar-refractivity contribution in [1.29, 1.82) is 0 Å². The van der Waals surface area contributed by atoms with E-state index in [4.69, 9.17) is 17.3 Å². The molecule has 0 spiro atoms. The number of aryl methyl sites for hydroxylation is 2. The lowest BCUT2D eigenvalue weighted by Gasteiger charge is -2.21. The molecule has 2 aromatic rings. The van der Waals surface area contributed by atoms with Crippen molar-refractivity contribution in [3.05, 3.63) is 46.2 Å². The standard InChI is InChI=1S/C15H21ClN4/c1-4-20(9-12-6-5-7-13(17)8-12)10-14-15(16)11(2)18-19(14)3/h5-8H,4,9-10,17H2,1-3H3. The highest BCUT2D eigenvalue weighted by molar-refractivity contribution is 6.31. The van der Waals surface area contributed by atoms with Gasteiger partial charge in [0.25, 0.3) is 0 Å². The topological polar surface area (TPSA) is 47.1 Å². The van der Waals surface area contributed by atoms with Gasteiger partial charge < -0.3 is 5.73 Å². The van der Waals surface area contributed by atoms with Gasteiger partial charge in [-0.25, -0.2) is 0 Å². The first kappa shape index (κ1) is 14.9. The van der Waals surface area contributed by atoms with Gasteiger partial charge in [0.15, 0.2) is 0 Å². The van der Waals surface area contributed by atoms with Gasteiger partial charge in [0.1, 0.15) is 0 Å². The van der Waals surface area contributed by atoms with Gasteiger partial charge in [-0.15, -0.1) is 0 Å². The smallest absolute Gasteiger partial charge is 0.0860 e. The Morgan fingerprint density at radius 3 is 2.65 bits per heavy atom. The van der Waals surface area contributed by atoms with Crippen LogP contribution in [0.15, 0.2) is 24.3 Å². The number of benzene rings is 1. The second-order valence-electron chi connectivity index (χ2n) is 5.02. The zero-order chi connectivity index (χ0) is 14.7. The summed E-state index contributed by atoms with van der Waals surface area (Å²) in [5.41, 5.74) is 9.76. The molecule has 0 unspecified atom stereocenters. The van der Waals surface area contributed by atoms with E-state index in [9.17, 15) is 0 Å².